The van der Waals surface area contributed by atoms with Crippen molar-refractivity contribution in [2.75, 3.05) is 19.3 Å². The molecule has 1 aromatic heterocycles. The highest BCUT2D eigenvalue weighted by Crippen LogP contribution is 2.17. The first kappa shape index (κ1) is 22.9. The van der Waals surface area contributed by atoms with Gasteiger partial charge in [-0.1, -0.05) is 18.2 Å². The predicted octanol–water partition coefficient (Wildman–Crippen LogP) is 3.38. The number of nitrogens with zero attached hydrogens (tertiary/aromatic N) is 1. The number of rotatable bonds is 7. The lowest BCUT2D eigenvalue weighted by atomic mass is 10.1. The molecule has 0 aliphatic heterocycles. The SMILES string of the molecule is CCNC(=NCc1ccc(S(C)(=O)=O)c(C)c1)NCCc1cccs1.I. The maximum absolute atomic E-state index is 11.7. The smallest absolute Gasteiger partial charge is 0.191 e. The second-order valence-electron chi connectivity index (χ2n) is 5.82. The van der Waals surface area contributed by atoms with E-state index in [0.717, 1.165) is 36.6 Å². The number of benzene rings is 1. The minimum Gasteiger partial charge on any atom is -0.357 e. The van der Waals surface area contributed by atoms with Crippen LogP contribution in [0, 0.1) is 6.92 Å². The Morgan fingerprint density at radius 3 is 2.58 bits per heavy atom. The molecule has 0 radical (unpaired) electrons. The molecule has 0 aliphatic carbocycles. The van der Waals surface area contributed by atoms with Crippen molar-refractivity contribution in [3.05, 3.63) is 51.7 Å². The van der Waals surface area contributed by atoms with Gasteiger partial charge in [-0.3, -0.25) is 0 Å². The fourth-order valence-corrected chi connectivity index (χ4v) is 4.16. The van der Waals surface area contributed by atoms with Gasteiger partial charge in [-0.05, 0) is 48.9 Å². The van der Waals surface area contributed by atoms with E-state index in [1.165, 1.54) is 11.1 Å². The number of sulfone groups is 1. The molecule has 0 unspecified atom stereocenters. The molecule has 0 amide bonds. The fourth-order valence-electron chi connectivity index (χ4n) is 2.50. The highest BCUT2D eigenvalue weighted by atomic mass is 127. The fraction of sp³-hybridized carbons (Fsp3) is 0.389. The van der Waals surface area contributed by atoms with Gasteiger partial charge in [-0.2, -0.15) is 0 Å². The van der Waals surface area contributed by atoms with E-state index in [-0.39, 0.29) is 24.0 Å². The van der Waals surface area contributed by atoms with Gasteiger partial charge in [0.1, 0.15) is 0 Å². The molecule has 2 rings (SSSR count). The van der Waals surface area contributed by atoms with Crippen molar-refractivity contribution in [1.82, 2.24) is 10.6 Å². The molecule has 0 saturated heterocycles. The van der Waals surface area contributed by atoms with Gasteiger partial charge in [0.05, 0.1) is 11.4 Å². The summed E-state index contributed by atoms with van der Waals surface area (Å²) in [7, 11) is -3.18. The molecule has 0 saturated carbocycles. The average molecular weight is 507 g/mol. The molecule has 144 valence electrons. The summed E-state index contributed by atoms with van der Waals surface area (Å²) >= 11 is 1.75. The van der Waals surface area contributed by atoms with Crippen LogP contribution >= 0.6 is 35.3 Å². The van der Waals surface area contributed by atoms with Gasteiger partial charge in [0.25, 0.3) is 0 Å². The Kier molecular flexibility index (Phi) is 9.59. The van der Waals surface area contributed by atoms with Crippen LogP contribution in [0.25, 0.3) is 0 Å². The van der Waals surface area contributed by atoms with Crippen molar-refractivity contribution >= 4 is 51.1 Å². The molecule has 0 atom stereocenters. The monoisotopic (exact) mass is 507 g/mol. The van der Waals surface area contributed by atoms with Crippen molar-refractivity contribution in [2.45, 2.75) is 31.7 Å². The zero-order valence-electron chi connectivity index (χ0n) is 15.3. The number of hydrogen-bond acceptors (Lipinski definition) is 4. The highest BCUT2D eigenvalue weighted by molar-refractivity contribution is 14.0. The molecule has 26 heavy (non-hydrogen) atoms. The summed E-state index contributed by atoms with van der Waals surface area (Å²) in [5, 5.41) is 8.64. The summed E-state index contributed by atoms with van der Waals surface area (Å²) in [5.74, 6) is 0.767. The Hall–Kier alpha value is -1.13. The van der Waals surface area contributed by atoms with Crippen molar-refractivity contribution in [1.29, 1.82) is 0 Å². The summed E-state index contributed by atoms with van der Waals surface area (Å²) in [6, 6.07) is 9.55. The van der Waals surface area contributed by atoms with Crippen LogP contribution in [0.3, 0.4) is 0 Å². The normalized spacial score (nSPS) is 11.7. The zero-order valence-corrected chi connectivity index (χ0v) is 19.2. The topological polar surface area (TPSA) is 70.6 Å². The number of halogens is 1. The van der Waals surface area contributed by atoms with Crippen LogP contribution in [0.2, 0.25) is 0 Å². The van der Waals surface area contributed by atoms with Gasteiger partial charge >= 0.3 is 0 Å². The standard InChI is InChI=1S/C18H25N3O2S2.HI/c1-4-19-18(20-10-9-16-6-5-11-24-16)21-13-15-7-8-17(14(2)12-15)25(3,22)23;/h5-8,11-12H,4,9-10,13H2,1-3H3,(H2,19,20,21);1H. The van der Waals surface area contributed by atoms with Crippen LogP contribution in [0.4, 0.5) is 0 Å². The lowest BCUT2D eigenvalue weighted by Crippen LogP contribution is -2.38. The number of guanidine groups is 1. The Bertz CT molecular complexity index is 819. The van der Waals surface area contributed by atoms with Crippen LogP contribution in [0.1, 0.15) is 22.9 Å². The Labute approximate surface area is 177 Å². The minimum atomic E-state index is -3.18. The number of hydrogen-bond donors (Lipinski definition) is 2. The Balaban J connectivity index is 0.00000338. The maximum Gasteiger partial charge on any atom is 0.191 e. The van der Waals surface area contributed by atoms with E-state index < -0.39 is 9.84 Å². The molecule has 0 fully saturated rings. The molecule has 0 bridgehead atoms. The molecule has 0 spiro atoms. The first-order valence-corrected chi connectivity index (χ1v) is 11.0. The Morgan fingerprint density at radius 1 is 1.23 bits per heavy atom. The van der Waals surface area contributed by atoms with Gasteiger partial charge in [0.15, 0.2) is 15.8 Å². The van der Waals surface area contributed by atoms with Crippen LogP contribution in [0.15, 0.2) is 45.6 Å². The quantitative estimate of drug-likeness (QED) is 0.343. The summed E-state index contributed by atoms with van der Waals surface area (Å²) in [6.07, 6.45) is 2.19. The predicted molar refractivity (Wildman–Crippen MR) is 121 cm³/mol. The summed E-state index contributed by atoms with van der Waals surface area (Å²) in [6.45, 7) is 5.95. The largest absolute Gasteiger partial charge is 0.357 e. The number of nitrogens with one attached hydrogen (secondary N) is 2. The lowest BCUT2D eigenvalue weighted by molar-refractivity contribution is 0.601. The van der Waals surface area contributed by atoms with E-state index in [9.17, 15) is 8.42 Å². The first-order valence-electron chi connectivity index (χ1n) is 8.24. The van der Waals surface area contributed by atoms with Crippen molar-refractivity contribution in [3.63, 3.8) is 0 Å². The maximum atomic E-state index is 11.7. The number of aliphatic imine (C=N–C) groups is 1. The van der Waals surface area contributed by atoms with E-state index in [1.807, 2.05) is 26.0 Å². The van der Waals surface area contributed by atoms with Crippen LogP contribution in [-0.4, -0.2) is 33.7 Å². The zero-order chi connectivity index (χ0) is 18.3. The van der Waals surface area contributed by atoms with Gasteiger partial charge in [-0.15, -0.1) is 35.3 Å². The first-order chi connectivity index (χ1) is 11.9. The molecule has 2 N–H and O–H groups in total. The van der Waals surface area contributed by atoms with E-state index in [1.54, 1.807) is 17.4 Å². The molecular weight excluding hydrogens is 481 g/mol. The van der Waals surface area contributed by atoms with E-state index >= 15 is 0 Å². The van der Waals surface area contributed by atoms with E-state index in [4.69, 9.17) is 0 Å². The van der Waals surface area contributed by atoms with Gasteiger partial charge in [-0.25, -0.2) is 13.4 Å². The third-order valence-electron chi connectivity index (χ3n) is 3.65. The third kappa shape index (κ3) is 7.24. The lowest BCUT2D eigenvalue weighted by Gasteiger charge is -2.11. The number of thiophene rings is 1. The molecule has 8 heteroatoms. The molecular formula is C18H26IN3O2S2. The van der Waals surface area contributed by atoms with Crippen molar-refractivity contribution in [3.8, 4) is 0 Å². The molecule has 5 nitrogen and oxygen atoms in total. The van der Waals surface area contributed by atoms with E-state index in [0.29, 0.717) is 11.4 Å². The summed E-state index contributed by atoms with van der Waals surface area (Å²) < 4.78 is 23.4. The van der Waals surface area contributed by atoms with Crippen molar-refractivity contribution in [2.24, 2.45) is 4.99 Å². The molecule has 1 heterocycles. The number of aryl methyl sites for hydroxylation is 1. The molecule has 2 aromatic rings. The van der Waals surface area contributed by atoms with E-state index in [2.05, 4.69) is 33.1 Å². The van der Waals surface area contributed by atoms with Gasteiger partial charge < -0.3 is 10.6 Å². The van der Waals surface area contributed by atoms with Crippen LogP contribution in [-0.2, 0) is 22.8 Å². The molecule has 0 aliphatic rings. The summed E-state index contributed by atoms with van der Waals surface area (Å²) in [5.41, 5.74) is 1.74. The average Bonchev–Trinajstić information content (AvgIpc) is 3.04. The highest BCUT2D eigenvalue weighted by Gasteiger charge is 2.10. The van der Waals surface area contributed by atoms with Crippen molar-refractivity contribution < 1.29 is 8.42 Å². The second-order valence-corrected chi connectivity index (χ2v) is 8.84. The Morgan fingerprint density at radius 2 is 2.00 bits per heavy atom. The van der Waals surface area contributed by atoms with Gasteiger partial charge in [0, 0.05) is 24.2 Å². The second kappa shape index (κ2) is 10.9. The minimum absolute atomic E-state index is 0. The van der Waals surface area contributed by atoms with Gasteiger partial charge in [0.2, 0.25) is 0 Å². The van der Waals surface area contributed by atoms with Crippen LogP contribution in [0.5, 0.6) is 0 Å². The summed E-state index contributed by atoms with van der Waals surface area (Å²) in [4.78, 5) is 6.30. The third-order valence-corrected chi connectivity index (χ3v) is 5.84. The molecule has 1 aromatic carbocycles. The van der Waals surface area contributed by atoms with Crippen LogP contribution < -0.4 is 10.6 Å².